The Morgan fingerprint density at radius 1 is 0.763 bits per heavy atom. The highest BCUT2D eigenvalue weighted by molar-refractivity contribution is 5.88. The van der Waals surface area contributed by atoms with Gasteiger partial charge < -0.3 is 44.6 Å². The van der Waals surface area contributed by atoms with Crippen LogP contribution in [0.5, 0.6) is 0 Å². The Kier molecular flexibility index (Phi) is 10.6. The van der Waals surface area contributed by atoms with Gasteiger partial charge in [0.25, 0.3) is 0 Å². The average molecular weight is 805 g/mol. The molecule has 2 aromatic carbocycles. The predicted octanol–water partition coefficient (Wildman–Crippen LogP) is 5.60. The number of benzene rings is 2. The lowest BCUT2D eigenvalue weighted by Crippen LogP contribution is -2.54. The molecule has 0 radical (unpaired) electrons. The van der Waals surface area contributed by atoms with Gasteiger partial charge in [0.15, 0.2) is 0 Å². The Morgan fingerprint density at radius 2 is 1.32 bits per heavy atom. The number of nitrogens with one attached hydrogen (secondary N) is 4. The van der Waals surface area contributed by atoms with Gasteiger partial charge in [-0.1, -0.05) is 37.8 Å². The van der Waals surface area contributed by atoms with Gasteiger partial charge in [-0.05, 0) is 98.1 Å². The lowest BCUT2D eigenvalue weighted by molar-refractivity contribution is -0.138. The average Bonchev–Trinajstić information content (AvgIpc) is 3.85. The van der Waals surface area contributed by atoms with Crippen molar-refractivity contribution in [1.29, 1.82) is 0 Å². The van der Waals surface area contributed by atoms with E-state index in [-0.39, 0.29) is 40.6 Å². The SMILES string of the molecule is COC(=O)N[C@H](C(=O)N1CC2(CC2)C[C@H]1c1ncc(-c2ccc(C#Cc3ccc4nc([C@@H]5CC6(CC6)CN5C(=O)[C@@H](NC(=O)OC)[C@@H](C)OC)[nH]c4c3)cc2)[nH]1)C(C)C. The van der Waals surface area contributed by atoms with Crippen molar-refractivity contribution in [2.75, 3.05) is 34.4 Å². The smallest absolute Gasteiger partial charge is 0.407 e. The molecular formula is C44H52N8O7. The molecular weight excluding hydrogens is 753 g/mol. The molecule has 15 nitrogen and oxygen atoms in total. The van der Waals surface area contributed by atoms with Crippen LogP contribution in [-0.2, 0) is 23.8 Å². The minimum Gasteiger partial charge on any atom is -0.453 e. The van der Waals surface area contributed by atoms with Gasteiger partial charge >= 0.3 is 12.2 Å². The summed E-state index contributed by atoms with van der Waals surface area (Å²) >= 11 is 0. The van der Waals surface area contributed by atoms with E-state index in [1.54, 1.807) is 13.1 Å². The molecule has 4 aliphatic rings. The minimum absolute atomic E-state index is 0.0668. The molecule has 2 aliphatic heterocycles. The van der Waals surface area contributed by atoms with E-state index in [0.29, 0.717) is 18.9 Å². The number of aromatic nitrogens is 4. The van der Waals surface area contributed by atoms with Gasteiger partial charge in [-0.2, -0.15) is 0 Å². The molecule has 2 spiro atoms. The van der Waals surface area contributed by atoms with Crippen LogP contribution >= 0.6 is 0 Å². The number of alkyl carbamates (subject to hydrolysis) is 2. The van der Waals surface area contributed by atoms with E-state index in [4.69, 9.17) is 24.2 Å². The fourth-order valence-corrected chi connectivity index (χ4v) is 8.70. The Morgan fingerprint density at radius 3 is 1.90 bits per heavy atom. The van der Waals surface area contributed by atoms with Crippen LogP contribution in [0, 0.1) is 28.6 Å². The molecule has 4 aromatic rings. The highest BCUT2D eigenvalue weighted by Crippen LogP contribution is 2.59. The summed E-state index contributed by atoms with van der Waals surface area (Å²) in [4.78, 5) is 72.4. The maximum absolute atomic E-state index is 14.0. The number of nitrogens with zero attached hydrogens (tertiary/aromatic N) is 4. The summed E-state index contributed by atoms with van der Waals surface area (Å²) in [5.74, 6) is 7.53. The largest absolute Gasteiger partial charge is 0.453 e. The molecule has 2 aliphatic carbocycles. The second-order valence-corrected chi connectivity index (χ2v) is 17.1. The number of rotatable bonds is 10. The van der Waals surface area contributed by atoms with E-state index < -0.39 is 30.4 Å². The summed E-state index contributed by atoms with van der Waals surface area (Å²) in [6.45, 7) is 6.82. The predicted molar refractivity (Wildman–Crippen MR) is 218 cm³/mol. The van der Waals surface area contributed by atoms with Gasteiger partial charge in [0, 0.05) is 31.3 Å². The minimum atomic E-state index is -0.905. The molecule has 2 saturated heterocycles. The zero-order valence-electron chi connectivity index (χ0n) is 34.4. The van der Waals surface area contributed by atoms with Crippen LogP contribution in [0.3, 0.4) is 0 Å². The first kappa shape index (κ1) is 39.9. The molecule has 8 rings (SSSR count). The van der Waals surface area contributed by atoms with Crippen LogP contribution in [0.4, 0.5) is 9.59 Å². The number of hydrogen-bond acceptors (Lipinski definition) is 9. The van der Waals surface area contributed by atoms with Crippen molar-refractivity contribution in [2.45, 2.75) is 89.6 Å². The molecule has 59 heavy (non-hydrogen) atoms. The standard InChI is InChI=1S/C44H52N8O7/c1-25(2)35(49-41(55)58-5)39(53)51-23-43(15-16-43)20-33(51)37-45-22-32(48-37)29-12-9-27(10-13-29)7-8-28-11-14-30-31(19-28)47-38(46-30)34-21-44(17-18-44)24-52(34)40(54)36(26(3)57-4)50-42(56)59-6/h9-14,19,22,25-26,33-36H,15-18,20-21,23-24H2,1-6H3,(H,45,48)(H,46,47)(H,49,55)(H,50,56)/t26-,33+,34+,35+,36+/m1/s1. The van der Waals surface area contributed by atoms with Crippen molar-refractivity contribution >= 4 is 35.0 Å². The molecule has 2 aromatic heterocycles. The van der Waals surface area contributed by atoms with E-state index in [2.05, 4.69) is 32.4 Å². The Balaban J connectivity index is 0.959. The molecule has 0 bridgehead atoms. The molecule has 2 saturated carbocycles. The topological polar surface area (TPSA) is 184 Å². The van der Waals surface area contributed by atoms with Crippen LogP contribution in [0.2, 0.25) is 0 Å². The molecule has 4 heterocycles. The zero-order chi connectivity index (χ0) is 41.6. The molecule has 0 unspecified atom stereocenters. The van der Waals surface area contributed by atoms with Gasteiger partial charge in [0.1, 0.15) is 23.7 Å². The van der Waals surface area contributed by atoms with Crippen LogP contribution in [0.1, 0.15) is 94.2 Å². The van der Waals surface area contributed by atoms with Gasteiger partial charge in [-0.15, -0.1) is 0 Å². The molecule has 4 fully saturated rings. The summed E-state index contributed by atoms with van der Waals surface area (Å²) in [6.07, 6.45) is 5.81. The molecule has 4 amide bonds. The number of methoxy groups -OCH3 is 3. The van der Waals surface area contributed by atoms with Crippen molar-refractivity contribution in [3.05, 3.63) is 71.4 Å². The van der Waals surface area contributed by atoms with E-state index in [1.807, 2.05) is 66.1 Å². The van der Waals surface area contributed by atoms with Crippen molar-refractivity contribution in [3.8, 4) is 23.1 Å². The fourth-order valence-electron chi connectivity index (χ4n) is 8.70. The second-order valence-electron chi connectivity index (χ2n) is 17.1. The first-order valence-corrected chi connectivity index (χ1v) is 20.3. The number of H-pyrrole nitrogens is 2. The number of carbonyl (C=O) groups excluding carboxylic acids is 4. The second kappa shape index (κ2) is 15.7. The van der Waals surface area contributed by atoms with E-state index in [0.717, 1.165) is 77.8 Å². The van der Waals surface area contributed by atoms with Crippen molar-refractivity contribution < 1.29 is 33.4 Å². The Labute approximate surface area is 343 Å². The fraction of sp³-hybridized carbons (Fsp3) is 0.500. The third-order valence-corrected chi connectivity index (χ3v) is 12.7. The lowest BCUT2D eigenvalue weighted by Gasteiger charge is -2.30. The van der Waals surface area contributed by atoms with Crippen molar-refractivity contribution in [2.24, 2.45) is 16.7 Å². The van der Waals surface area contributed by atoms with Gasteiger partial charge in [-0.3, -0.25) is 9.59 Å². The third kappa shape index (κ3) is 8.10. The summed E-state index contributed by atoms with van der Waals surface area (Å²) in [7, 11) is 4.08. The summed E-state index contributed by atoms with van der Waals surface area (Å²) < 4.78 is 15.1. The number of ether oxygens (including phenoxy) is 3. The Bertz CT molecular complexity index is 2320. The maximum atomic E-state index is 14.0. The van der Waals surface area contributed by atoms with Crippen LogP contribution in [0.15, 0.2) is 48.7 Å². The summed E-state index contributed by atoms with van der Waals surface area (Å²) in [6, 6.07) is 11.7. The molecule has 4 N–H and O–H groups in total. The maximum Gasteiger partial charge on any atom is 0.407 e. The molecule has 15 heteroatoms. The number of fused-ring (bicyclic) bond motifs is 1. The van der Waals surface area contributed by atoms with Crippen molar-refractivity contribution in [3.63, 3.8) is 0 Å². The van der Waals surface area contributed by atoms with Gasteiger partial charge in [-0.25, -0.2) is 19.6 Å². The third-order valence-electron chi connectivity index (χ3n) is 12.7. The normalized spacial score (nSPS) is 21.2. The van der Waals surface area contributed by atoms with Crippen molar-refractivity contribution in [1.82, 2.24) is 40.4 Å². The Hall–Kier alpha value is -5.88. The van der Waals surface area contributed by atoms with Crippen LogP contribution < -0.4 is 10.6 Å². The van der Waals surface area contributed by atoms with Crippen LogP contribution in [0.25, 0.3) is 22.3 Å². The molecule has 310 valence electrons. The first-order valence-electron chi connectivity index (χ1n) is 20.3. The number of likely N-dealkylation sites (tertiary alicyclic amines) is 2. The number of hydrogen-bond donors (Lipinski definition) is 4. The monoisotopic (exact) mass is 804 g/mol. The highest BCUT2D eigenvalue weighted by Gasteiger charge is 2.56. The van der Waals surface area contributed by atoms with E-state index >= 15 is 0 Å². The number of imidazole rings is 2. The quantitative estimate of drug-likeness (QED) is 0.148. The van der Waals surface area contributed by atoms with E-state index in [1.165, 1.54) is 21.3 Å². The molecule has 5 atom stereocenters. The summed E-state index contributed by atoms with van der Waals surface area (Å²) in [5, 5.41) is 5.40. The lowest BCUT2D eigenvalue weighted by atomic mass is 10.0. The number of carbonyl (C=O) groups is 4. The van der Waals surface area contributed by atoms with Crippen LogP contribution in [-0.4, -0.2) is 106 Å². The number of aromatic amines is 2. The highest BCUT2D eigenvalue weighted by atomic mass is 16.5. The van der Waals surface area contributed by atoms with Gasteiger partial charge in [0.2, 0.25) is 11.8 Å². The van der Waals surface area contributed by atoms with E-state index in [9.17, 15) is 19.2 Å². The van der Waals surface area contributed by atoms with Gasteiger partial charge in [0.05, 0.1) is 55.3 Å². The number of amides is 4. The first-order chi connectivity index (χ1) is 28.3. The zero-order valence-corrected chi connectivity index (χ0v) is 34.4. The summed E-state index contributed by atoms with van der Waals surface area (Å²) in [5.41, 5.74) is 5.23.